The number of piperidine rings is 1. The fourth-order valence-corrected chi connectivity index (χ4v) is 3.23. The lowest BCUT2D eigenvalue weighted by Gasteiger charge is -2.22. The highest BCUT2D eigenvalue weighted by molar-refractivity contribution is 5.93. The van der Waals surface area contributed by atoms with Crippen molar-refractivity contribution in [3.63, 3.8) is 0 Å². The van der Waals surface area contributed by atoms with E-state index in [1.807, 2.05) is 12.1 Å². The smallest absolute Gasteiger partial charge is 0.269 e. The standard InChI is InChI=1S/C21H26N4O3.2ClH/c1-22-21(27)18-14-16(10-13-24-18)28-19-5-3-2-4-17(19)25-20(26)7-6-15-8-11-23-12-9-15;;/h2-5,10,13-15,23H,6-9,11-12H2,1H3,(H,22,27)(H,25,26);2*1H. The molecule has 1 aliphatic heterocycles. The summed E-state index contributed by atoms with van der Waals surface area (Å²) >= 11 is 0. The van der Waals surface area contributed by atoms with Crippen LogP contribution in [0.3, 0.4) is 0 Å². The van der Waals surface area contributed by atoms with Gasteiger partial charge < -0.3 is 20.7 Å². The zero-order valence-electron chi connectivity index (χ0n) is 16.8. The Balaban J connectivity index is 0.00000225. The van der Waals surface area contributed by atoms with Crippen LogP contribution in [0.2, 0.25) is 0 Å². The fraction of sp³-hybridized carbons (Fsp3) is 0.381. The van der Waals surface area contributed by atoms with E-state index in [1.54, 1.807) is 31.3 Å². The monoisotopic (exact) mass is 454 g/mol. The molecule has 0 spiro atoms. The van der Waals surface area contributed by atoms with Crippen LogP contribution in [-0.2, 0) is 4.79 Å². The molecule has 0 unspecified atom stereocenters. The number of anilines is 1. The van der Waals surface area contributed by atoms with Gasteiger partial charge in [0.25, 0.3) is 5.91 Å². The Morgan fingerprint density at radius 1 is 1.17 bits per heavy atom. The number of halogens is 2. The Kier molecular flexibility index (Phi) is 11.2. The van der Waals surface area contributed by atoms with Crippen molar-refractivity contribution in [1.82, 2.24) is 15.6 Å². The number of amides is 2. The third kappa shape index (κ3) is 7.48. The molecule has 2 heterocycles. The third-order valence-corrected chi connectivity index (χ3v) is 4.82. The first kappa shape index (κ1) is 25.7. The Bertz CT molecular complexity index is 829. The lowest BCUT2D eigenvalue weighted by atomic mass is 9.93. The van der Waals surface area contributed by atoms with Crippen LogP contribution in [0.4, 0.5) is 5.69 Å². The van der Waals surface area contributed by atoms with Crippen LogP contribution in [-0.4, -0.2) is 36.9 Å². The van der Waals surface area contributed by atoms with Gasteiger partial charge in [0.2, 0.25) is 5.91 Å². The summed E-state index contributed by atoms with van der Waals surface area (Å²) in [5, 5.41) is 8.82. The van der Waals surface area contributed by atoms with E-state index in [0.717, 1.165) is 32.4 Å². The first-order valence-electron chi connectivity index (χ1n) is 9.61. The number of hydrogen-bond donors (Lipinski definition) is 3. The van der Waals surface area contributed by atoms with Crippen molar-refractivity contribution in [2.24, 2.45) is 5.92 Å². The molecule has 1 aromatic heterocycles. The minimum absolute atomic E-state index is 0. The van der Waals surface area contributed by atoms with E-state index in [2.05, 4.69) is 20.9 Å². The molecule has 3 rings (SSSR count). The van der Waals surface area contributed by atoms with Gasteiger partial charge in [-0.3, -0.25) is 14.6 Å². The second-order valence-electron chi connectivity index (χ2n) is 6.83. The van der Waals surface area contributed by atoms with E-state index in [-0.39, 0.29) is 42.3 Å². The van der Waals surface area contributed by atoms with Crippen LogP contribution >= 0.6 is 24.8 Å². The van der Waals surface area contributed by atoms with Gasteiger partial charge in [-0.2, -0.15) is 0 Å². The minimum atomic E-state index is -0.287. The van der Waals surface area contributed by atoms with Gasteiger partial charge in [-0.15, -0.1) is 24.8 Å². The highest BCUT2D eigenvalue weighted by atomic mass is 35.5. The Morgan fingerprint density at radius 3 is 2.63 bits per heavy atom. The topological polar surface area (TPSA) is 92.4 Å². The maximum absolute atomic E-state index is 12.4. The van der Waals surface area contributed by atoms with Gasteiger partial charge in [0.15, 0.2) is 5.75 Å². The number of carbonyl (C=O) groups excluding carboxylic acids is 2. The number of ether oxygens (including phenoxy) is 1. The van der Waals surface area contributed by atoms with Crippen molar-refractivity contribution in [3.8, 4) is 11.5 Å². The first-order valence-corrected chi connectivity index (χ1v) is 9.61. The van der Waals surface area contributed by atoms with Crippen LogP contribution in [0.25, 0.3) is 0 Å². The second-order valence-corrected chi connectivity index (χ2v) is 6.83. The zero-order valence-corrected chi connectivity index (χ0v) is 18.5. The average Bonchev–Trinajstić information content (AvgIpc) is 2.74. The van der Waals surface area contributed by atoms with Gasteiger partial charge in [0.1, 0.15) is 11.4 Å². The molecule has 1 aliphatic rings. The van der Waals surface area contributed by atoms with E-state index >= 15 is 0 Å². The van der Waals surface area contributed by atoms with Crippen molar-refractivity contribution in [2.45, 2.75) is 25.7 Å². The maximum atomic E-state index is 12.4. The van der Waals surface area contributed by atoms with Crippen molar-refractivity contribution in [3.05, 3.63) is 48.3 Å². The van der Waals surface area contributed by atoms with Crippen LogP contribution in [0, 0.1) is 5.92 Å². The van der Waals surface area contributed by atoms with Gasteiger partial charge in [-0.25, -0.2) is 0 Å². The van der Waals surface area contributed by atoms with Crippen molar-refractivity contribution in [1.29, 1.82) is 0 Å². The number of nitrogens with zero attached hydrogens (tertiary/aromatic N) is 1. The van der Waals surface area contributed by atoms with Crippen LogP contribution < -0.4 is 20.7 Å². The highest BCUT2D eigenvalue weighted by Crippen LogP contribution is 2.30. The fourth-order valence-electron chi connectivity index (χ4n) is 3.23. The summed E-state index contributed by atoms with van der Waals surface area (Å²) in [6.07, 6.45) is 5.16. The molecule has 0 saturated carbocycles. The summed E-state index contributed by atoms with van der Waals surface area (Å²) in [7, 11) is 1.55. The molecule has 2 aromatic rings. The molecule has 0 bridgehead atoms. The van der Waals surface area contributed by atoms with Crippen LogP contribution in [0.15, 0.2) is 42.6 Å². The largest absolute Gasteiger partial charge is 0.455 e. The number of benzene rings is 1. The average molecular weight is 455 g/mol. The van der Waals surface area contributed by atoms with E-state index in [1.165, 1.54) is 6.20 Å². The predicted molar refractivity (Wildman–Crippen MR) is 122 cm³/mol. The van der Waals surface area contributed by atoms with E-state index in [4.69, 9.17) is 4.74 Å². The number of nitrogens with one attached hydrogen (secondary N) is 3. The summed E-state index contributed by atoms with van der Waals surface area (Å²) in [6, 6.07) is 10.5. The molecule has 1 fully saturated rings. The van der Waals surface area contributed by atoms with Gasteiger partial charge in [0.05, 0.1) is 5.69 Å². The van der Waals surface area contributed by atoms with Gasteiger partial charge in [-0.05, 0) is 56.5 Å². The summed E-state index contributed by atoms with van der Waals surface area (Å²) in [5.41, 5.74) is 0.875. The molecule has 30 heavy (non-hydrogen) atoms. The molecule has 1 saturated heterocycles. The summed E-state index contributed by atoms with van der Waals surface area (Å²) in [5.74, 6) is 1.30. The molecule has 0 atom stereocenters. The normalized spacial score (nSPS) is 13.4. The second kappa shape index (κ2) is 13.1. The molecule has 0 aliphatic carbocycles. The van der Waals surface area contributed by atoms with Crippen LogP contribution in [0.1, 0.15) is 36.2 Å². The molecular formula is C21H28Cl2N4O3. The molecule has 9 heteroatoms. The van der Waals surface area contributed by atoms with Crippen LogP contribution in [0.5, 0.6) is 11.5 Å². The minimum Gasteiger partial charge on any atom is -0.455 e. The number of carbonyl (C=O) groups is 2. The Labute approximate surface area is 189 Å². The lowest BCUT2D eigenvalue weighted by Crippen LogP contribution is -2.28. The molecular weight excluding hydrogens is 427 g/mol. The lowest BCUT2D eigenvalue weighted by molar-refractivity contribution is -0.116. The van der Waals surface area contributed by atoms with Crippen molar-refractivity contribution < 1.29 is 14.3 Å². The number of para-hydroxylation sites is 2. The van der Waals surface area contributed by atoms with E-state index in [9.17, 15) is 9.59 Å². The number of pyridine rings is 1. The van der Waals surface area contributed by atoms with Crippen molar-refractivity contribution >= 4 is 42.3 Å². The van der Waals surface area contributed by atoms with Gasteiger partial charge >= 0.3 is 0 Å². The first-order chi connectivity index (χ1) is 13.7. The van der Waals surface area contributed by atoms with E-state index < -0.39 is 0 Å². The number of rotatable bonds is 7. The molecule has 1 aromatic carbocycles. The molecule has 0 radical (unpaired) electrons. The van der Waals surface area contributed by atoms with Crippen molar-refractivity contribution in [2.75, 3.05) is 25.5 Å². The predicted octanol–water partition coefficient (Wildman–Crippen LogP) is 3.80. The highest BCUT2D eigenvalue weighted by Gasteiger charge is 2.15. The molecule has 164 valence electrons. The Morgan fingerprint density at radius 2 is 1.90 bits per heavy atom. The van der Waals surface area contributed by atoms with Gasteiger partial charge in [-0.1, -0.05) is 12.1 Å². The summed E-state index contributed by atoms with van der Waals surface area (Å²) in [4.78, 5) is 28.2. The Hall–Kier alpha value is -2.35. The quantitative estimate of drug-likeness (QED) is 0.591. The number of hydrogen-bond acceptors (Lipinski definition) is 5. The zero-order chi connectivity index (χ0) is 19.8. The van der Waals surface area contributed by atoms with Gasteiger partial charge in [0, 0.05) is 25.7 Å². The third-order valence-electron chi connectivity index (χ3n) is 4.82. The molecule has 3 N–H and O–H groups in total. The number of aromatic nitrogens is 1. The summed E-state index contributed by atoms with van der Waals surface area (Å²) < 4.78 is 5.90. The SMILES string of the molecule is CNC(=O)c1cc(Oc2ccccc2NC(=O)CCC2CCNCC2)ccn1.Cl.Cl. The molecule has 7 nitrogen and oxygen atoms in total. The summed E-state index contributed by atoms with van der Waals surface area (Å²) in [6.45, 7) is 2.07. The maximum Gasteiger partial charge on any atom is 0.269 e. The molecule has 2 amide bonds. The van der Waals surface area contributed by atoms with E-state index in [0.29, 0.717) is 29.5 Å².